The minimum atomic E-state index is 0.156. The van der Waals surface area contributed by atoms with Crippen LogP contribution in [-0.4, -0.2) is 51.6 Å². The van der Waals surface area contributed by atoms with Crippen molar-refractivity contribution in [1.29, 1.82) is 0 Å². The Bertz CT molecular complexity index is 686. The van der Waals surface area contributed by atoms with Crippen molar-refractivity contribution in [2.75, 3.05) is 19.6 Å². The van der Waals surface area contributed by atoms with E-state index in [1.54, 1.807) is 11.3 Å². The second-order valence-electron chi connectivity index (χ2n) is 6.82. The molecule has 0 spiro atoms. The van der Waals surface area contributed by atoms with Gasteiger partial charge in [-0.2, -0.15) is 0 Å². The van der Waals surface area contributed by atoms with E-state index < -0.39 is 0 Å². The van der Waals surface area contributed by atoms with E-state index in [1.807, 2.05) is 22.4 Å². The van der Waals surface area contributed by atoms with Crippen LogP contribution in [0.3, 0.4) is 0 Å². The Balaban J connectivity index is 1.63. The van der Waals surface area contributed by atoms with E-state index in [4.69, 9.17) is 4.42 Å². The summed E-state index contributed by atoms with van der Waals surface area (Å²) in [4.78, 5) is 18.1. The van der Waals surface area contributed by atoms with Gasteiger partial charge in [0.25, 0.3) is 5.89 Å². The first-order chi connectivity index (χ1) is 12.7. The van der Waals surface area contributed by atoms with Crippen molar-refractivity contribution in [1.82, 2.24) is 20.0 Å². The number of amides is 1. The molecule has 1 amide bonds. The van der Waals surface area contributed by atoms with Gasteiger partial charge in [0.1, 0.15) is 0 Å². The van der Waals surface area contributed by atoms with Crippen molar-refractivity contribution in [2.24, 2.45) is 0 Å². The van der Waals surface area contributed by atoms with Crippen LogP contribution in [-0.2, 0) is 11.3 Å². The third-order valence-electron chi connectivity index (χ3n) is 4.93. The minimum Gasteiger partial charge on any atom is -0.418 e. The number of rotatable bonds is 8. The van der Waals surface area contributed by atoms with Crippen LogP contribution >= 0.6 is 11.3 Å². The molecule has 2 aromatic rings. The molecular weight excluding hydrogens is 348 g/mol. The number of hydrogen-bond acceptors (Lipinski definition) is 6. The van der Waals surface area contributed by atoms with E-state index in [0.29, 0.717) is 37.5 Å². The van der Waals surface area contributed by atoms with E-state index in [2.05, 4.69) is 28.9 Å². The Hall–Kier alpha value is -1.73. The summed E-state index contributed by atoms with van der Waals surface area (Å²) in [7, 11) is 0. The highest BCUT2D eigenvalue weighted by Gasteiger charge is 2.25. The van der Waals surface area contributed by atoms with Crippen LogP contribution in [0.4, 0.5) is 0 Å². The predicted molar refractivity (Wildman–Crippen MR) is 103 cm³/mol. The second kappa shape index (κ2) is 9.28. The summed E-state index contributed by atoms with van der Waals surface area (Å²) in [5, 5.41) is 10.2. The van der Waals surface area contributed by atoms with Gasteiger partial charge in [0.2, 0.25) is 11.8 Å². The number of nitrogens with zero attached hydrogens (tertiary/aromatic N) is 4. The fourth-order valence-corrected chi connectivity index (χ4v) is 4.19. The summed E-state index contributed by atoms with van der Waals surface area (Å²) < 4.78 is 5.77. The Morgan fingerprint density at radius 1 is 1.38 bits per heavy atom. The van der Waals surface area contributed by atoms with Gasteiger partial charge in [-0.05, 0) is 43.7 Å². The molecule has 1 fully saturated rings. The first-order valence-corrected chi connectivity index (χ1v) is 10.5. The van der Waals surface area contributed by atoms with E-state index in [-0.39, 0.29) is 5.91 Å². The molecule has 7 heteroatoms. The summed E-state index contributed by atoms with van der Waals surface area (Å²) in [6.45, 7) is 6.90. The summed E-state index contributed by atoms with van der Waals surface area (Å²) >= 11 is 1.57. The highest BCUT2D eigenvalue weighted by Crippen LogP contribution is 2.23. The summed E-state index contributed by atoms with van der Waals surface area (Å²) in [6.07, 6.45) is 5.68. The molecule has 3 heterocycles. The molecule has 6 nitrogen and oxygen atoms in total. The minimum absolute atomic E-state index is 0.156. The van der Waals surface area contributed by atoms with Gasteiger partial charge in [0.15, 0.2) is 0 Å². The summed E-state index contributed by atoms with van der Waals surface area (Å²) in [6, 6.07) is 4.45. The molecule has 3 rings (SSSR count). The Kier molecular flexibility index (Phi) is 6.80. The quantitative estimate of drug-likeness (QED) is 0.701. The Morgan fingerprint density at radius 2 is 2.27 bits per heavy atom. The number of aromatic nitrogens is 2. The number of carbonyl (C=O) groups excluding carboxylic acids is 1. The maximum absolute atomic E-state index is 12.9. The third kappa shape index (κ3) is 4.71. The molecule has 1 aliphatic heterocycles. The molecule has 2 aromatic heterocycles. The van der Waals surface area contributed by atoms with Gasteiger partial charge in [0, 0.05) is 12.6 Å². The second-order valence-corrected chi connectivity index (χ2v) is 7.77. The van der Waals surface area contributed by atoms with E-state index in [9.17, 15) is 4.79 Å². The molecule has 0 aliphatic carbocycles. The van der Waals surface area contributed by atoms with E-state index in [0.717, 1.165) is 24.3 Å². The molecule has 142 valence electrons. The van der Waals surface area contributed by atoms with Crippen molar-refractivity contribution in [3.8, 4) is 10.8 Å². The highest BCUT2D eigenvalue weighted by atomic mass is 32.1. The number of piperidine rings is 1. The van der Waals surface area contributed by atoms with Crippen LogP contribution in [0, 0.1) is 0 Å². The van der Waals surface area contributed by atoms with Crippen LogP contribution in [0.25, 0.3) is 10.8 Å². The molecule has 1 aliphatic rings. The average molecular weight is 377 g/mol. The van der Waals surface area contributed by atoms with Crippen molar-refractivity contribution < 1.29 is 9.21 Å². The maximum atomic E-state index is 12.9. The SMILES string of the molecule is CCCN(Cc1nnc(-c2cccs2)o1)C(=O)CN1CCCCC1CC. The number of thiophene rings is 1. The number of carbonyl (C=O) groups is 1. The monoisotopic (exact) mass is 376 g/mol. The van der Waals surface area contributed by atoms with Gasteiger partial charge in [0.05, 0.1) is 18.0 Å². The highest BCUT2D eigenvalue weighted by molar-refractivity contribution is 7.13. The van der Waals surface area contributed by atoms with E-state index in [1.165, 1.54) is 19.3 Å². The lowest BCUT2D eigenvalue weighted by Crippen LogP contribution is -2.46. The van der Waals surface area contributed by atoms with E-state index >= 15 is 0 Å². The lowest BCUT2D eigenvalue weighted by Gasteiger charge is -2.35. The molecule has 0 radical (unpaired) electrons. The molecule has 1 atom stereocenters. The molecular formula is C19H28N4O2S. The van der Waals surface area contributed by atoms with Gasteiger partial charge in [-0.1, -0.05) is 26.3 Å². The molecule has 1 unspecified atom stereocenters. The standard InChI is InChI=1S/C19H28N4O2S/c1-3-10-23(18(24)14-22-11-6-5-8-15(22)4-2)13-17-20-21-19(25-17)16-9-7-12-26-16/h7,9,12,15H,3-6,8,10-11,13-14H2,1-2H3. The molecule has 26 heavy (non-hydrogen) atoms. The third-order valence-corrected chi connectivity index (χ3v) is 5.79. The van der Waals surface area contributed by atoms with Crippen molar-refractivity contribution in [3.63, 3.8) is 0 Å². The zero-order valence-corrected chi connectivity index (χ0v) is 16.5. The number of hydrogen-bond donors (Lipinski definition) is 0. The zero-order valence-electron chi connectivity index (χ0n) is 15.7. The Morgan fingerprint density at radius 3 is 3.00 bits per heavy atom. The predicted octanol–water partition coefficient (Wildman–Crippen LogP) is 3.80. The summed E-state index contributed by atoms with van der Waals surface area (Å²) in [5.74, 6) is 1.19. The molecule has 0 N–H and O–H groups in total. The molecule has 0 saturated carbocycles. The smallest absolute Gasteiger partial charge is 0.257 e. The maximum Gasteiger partial charge on any atom is 0.257 e. The van der Waals surface area contributed by atoms with Gasteiger partial charge in [-0.25, -0.2) is 0 Å². The average Bonchev–Trinajstić information content (AvgIpc) is 3.33. The van der Waals surface area contributed by atoms with Crippen LogP contribution < -0.4 is 0 Å². The Labute approximate surface area is 159 Å². The fraction of sp³-hybridized carbons (Fsp3) is 0.632. The first-order valence-electron chi connectivity index (χ1n) is 9.59. The van der Waals surface area contributed by atoms with Crippen LogP contribution in [0.2, 0.25) is 0 Å². The normalized spacial score (nSPS) is 18.2. The van der Waals surface area contributed by atoms with Crippen molar-refractivity contribution >= 4 is 17.2 Å². The van der Waals surface area contributed by atoms with Crippen molar-refractivity contribution in [2.45, 2.75) is 58.5 Å². The van der Waals surface area contributed by atoms with Crippen LogP contribution in [0.1, 0.15) is 51.8 Å². The first kappa shape index (κ1) is 19.0. The van der Waals surface area contributed by atoms with Gasteiger partial charge >= 0.3 is 0 Å². The van der Waals surface area contributed by atoms with Gasteiger partial charge < -0.3 is 9.32 Å². The zero-order chi connectivity index (χ0) is 18.4. The topological polar surface area (TPSA) is 62.5 Å². The fourth-order valence-electron chi connectivity index (χ4n) is 3.55. The molecule has 0 bridgehead atoms. The molecule has 1 saturated heterocycles. The summed E-state index contributed by atoms with van der Waals surface area (Å²) in [5.41, 5.74) is 0. The lowest BCUT2D eigenvalue weighted by atomic mass is 10.00. The number of likely N-dealkylation sites (tertiary alicyclic amines) is 1. The van der Waals surface area contributed by atoms with Crippen LogP contribution in [0.15, 0.2) is 21.9 Å². The van der Waals surface area contributed by atoms with Crippen molar-refractivity contribution in [3.05, 3.63) is 23.4 Å². The lowest BCUT2D eigenvalue weighted by molar-refractivity contribution is -0.134. The molecule has 0 aromatic carbocycles. The van der Waals surface area contributed by atoms with Gasteiger partial charge in [-0.3, -0.25) is 9.69 Å². The van der Waals surface area contributed by atoms with Crippen LogP contribution in [0.5, 0.6) is 0 Å². The van der Waals surface area contributed by atoms with Gasteiger partial charge in [-0.15, -0.1) is 21.5 Å². The largest absolute Gasteiger partial charge is 0.418 e.